The number of nitrogens with one attached hydrogen (secondary N) is 3. The van der Waals surface area contributed by atoms with Gasteiger partial charge in [0.05, 0.1) is 5.56 Å². The van der Waals surface area contributed by atoms with Crippen molar-refractivity contribution in [1.29, 1.82) is 0 Å². The van der Waals surface area contributed by atoms with E-state index >= 15 is 0 Å². The predicted molar refractivity (Wildman–Crippen MR) is 106 cm³/mol. The number of pyridine rings is 1. The van der Waals surface area contributed by atoms with Crippen molar-refractivity contribution >= 4 is 22.7 Å². The Bertz CT molecular complexity index is 1120. The van der Waals surface area contributed by atoms with Crippen LogP contribution >= 0.6 is 0 Å². The normalized spacial score (nSPS) is 13.5. The van der Waals surface area contributed by atoms with E-state index in [1.807, 2.05) is 31.2 Å². The minimum absolute atomic E-state index is 0.0385. The molecule has 144 valence electrons. The molecule has 7 heteroatoms. The summed E-state index contributed by atoms with van der Waals surface area (Å²) in [6.07, 6.45) is 3.28. The van der Waals surface area contributed by atoms with Gasteiger partial charge < -0.3 is 20.2 Å². The fraction of sp³-hybridized carbons (Fsp3) is 0.286. The minimum atomic E-state index is -0.504. The summed E-state index contributed by atoms with van der Waals surface area (Å²) in [4.78, 5) is 44.6. The molecule has 1 aliphatic carbocycles. The quantitative estimate of drug-likeness (QED) is 0.635. The molecule has 28 heavy (non-hydrogen) atoms. The van der Waals surface area contributed by atoms with Crippen molar-refractivity contribution in [2.75, 3.05) is 7.05 Å². The van der Waals surface area contributed by atoms with Crippen molar-refractivity contribution in [1.82, 2.24) is 20.2 Å². The topological polar surface area (TPSA) is 98.1 Å². The molecule has 0 unspecified atom stereocenters. The molecule has 2 aromatic heterocycles. The first-order valence-electron chi connectivity index (χ1n) is 9.28. The molecule has 3 N–H and O–H groups in total. The predicted octanol–water partition coefficient (Wildman–Crippen LogP) is 2.33. The van der Waals surface area contributed by atoms with Gasteiger partial charge in [0, 0.05) is 42.4 Å². The Hall–Kier alpha value is -3.35. The van der Waals surface area contributed by atoms with E-state index < -0.39 is 11.5 Å². The highest BCUT2D eigenvalue weighted by molar-refractivity contribution is 5.99. The number of rotatable bonds is 5. The van der Waals surface area contributed by atoms with E-state index in [1.165, 1.54) is 17.2 Å². The summed E-state index contributed by atoms with van der Waals surface area (Å²) in [6, 6.07) is 9.49. The summed E-state index contributed by atoms with van der Waals surface area (Å²) in [6.45, 7) is 2.34. The van der Waals surface area contributed by atoms with Crippen LogP contribution in [0.5, 0.6) is 0 Å². The molecule has 4 rings (SSSR count). The van der Waals surface area contributed by atoms with Crippen LogP contribution in [0, 0.1) is 6.92 Å². The number of amides is 2. The van der Waals surface area contributed by atoms with Gasteiger partial charge in [-0.25, -0.2) is 0 Å². The SMILES string of the molecule is Cc1cc2c(CN(C)C(=O)c3cc(C(=O)NC4CC4)c[nH]c3=O)cccc2[nH]1. The summed E-state index contributed by atoms with van der Waals surface area (Å²) in [5.41, 5.74) is 2.77. The fourth-order valence-corrected chi connectivity index (χ4v) is 3.30. The highest BCUT2D eigenvalue weighted by Gasteiger charge is 2.25. The molecule has 0 radical (unpaired) electrons. The molecule has 7 nitrogen and oxygen atoms in total. The zero-order chi connectivity index (χ0) is 19.8. The molecular weight excluding hydrogens is 356 g/mol. The van der Waals surface area contributed by atoms with E-state index in [0.29, 0.717) is 6.54 Å². The molecule has 2 heterocycles. The Morgan fingerprint density at radius 2 is 2.04 bits per heavy atom. The van der Waals surface area contributed by atoms with E-state index in [9.17, 15) is 14.4 Å². The molecule has 0 aliphatic heterocycles. The highest BCUT2D eigenvalue weighted by Crippen LogP contribution is 2.21. The van der Waals surface area contributed by atoms with Crippen LogP contribution in [0.15, 0.2) is 41.3 Å². The number of aromatic nitrogens is 2. The minimum Gasteiger partial charge on any atom is -0.359 e. The molecule has 0 saturated heterocycles. The van der Waals surface area contributed by atoms with Crippen molar-refractivity contribution < 1.29 is 9.59 Å². The van der Waals surface area contributed by atoms with Crippen LogP contribution in [-0.2, 0) is 6.54 Å². The third-order valence-corrected chi connectivity index (χ3v) is 4.95. The standard InChI is InChI=1S/C21H22N4O3/c1-12-8-16-13(4-3-5-18(16)23-12)11-25(2)21(28)17-9-14(10-22-20(17)27)19(26)24-15-6-7-15/h3-5,8-10,15,23H,6-7,11H2,1-2H3,(H,22,27)(H,24,26). The van der Waals surface area contributed by atoms with E-state index in [0.717, 1.165) is 35.0 Å². The van der Waals surface area contributed by atoms with Crippen LogP contribution in [0.25, 0.3) is 10.9 Å². The number of hydrogen-bond donors (Lipinski definition) is 3. The summed E-state index contributed by atoms with van der Waals surface area (Å²) in [5.74, 6) is -0.699. The molecule has 1 saturated carbocycles. The van der Waals surface area contributed by atoms with Gasteiger partial charge in [0.1, 0.15) is 5.56 Å². The first kappa shape index (κ1) is 18.0. The summed E-state index contributed by atoms with van der Waals surface area (Å²) in [7, 11) is 1.65. The van der Waals surface area contributed by atoms with Gasteiger partial charge in [-0.3, -0.25) is 14.4 Å². The number of carbonyl (C=O) groups excluding carboxylic acids is 2. The lowest BCUT2D eigenvalue weighted by Gasteiger charge is -2.18. The Morgan fingerprint density at radius 1 is 1.25 bits per heavy atom. The van der Waals surface area contributed by atoms with E-state index in [1.54, 1.807) is 7.05 Å². The second kappa shape index (κ2) is 6.99. The van der Waals surface area contributed by atoms with Gasteiger partial charge >= 0.3 is 0 Å². The molecule has 1 fully saturated rings. The Morgan fingerprint density at radius 3 is 2.79 bits per heavy atom. The number of hydrogen-bond acceptors (Lipinski definition) is 3. The lowest BCUT2D eigenvalue weighted by Crippen LogP contribution is -2.33. The number of carbonyl (C=O) groups is 2. The van der Waals surface area contributed by atoms with Crippen LogP contribution in [0.2, 0.25) is 0 Å². The van der Waals surface area contributed by atoms with Gasteiger partial charge in [-0.1, -0.05) is 12.1 Å². The van der Waals surface area contributed by atoms with Crippen molar-refractivity contribution in [2.45, 2.75) is 32.4 Å². The van der Waals surface area contributed by atoms with Crippen molar-refractivity contribution in [3.63, 3.8) is 0 Å². The third-order valence-electron chi connectivity index (χ3n) is 4.95. The van der Waals surface area contributed by atoms with Crippen LogP contribution < -0.4 is 10.9 Å². The van der Waals surface area contributed by atoms with E-state index in [4.69, 9.17) is 0 Å². The number of H-pyrrole nitrogens is 2. The van der Waals surface area contributed by atoms with E-state index in [2.05, 4.69) is 15.3 Å². The first-order chi connectivity index (χ1) is 13.4. The second-order valence-corrected chi connectivity index (χ2v) is 7.37. The zero-order valence-electron chi connectivity index (χ0n) is 15.8. The Labute approximate surface area is 161 Å². The summed E-state index contributed by atoms with van der Waals surface area (Å²) >= 11 is 0. The first-order valence-corrected chi connectivity index (χ1v) is 9.28. The van der Waals surface area contributed by atoms with Crippen LogP contribution in [0.3, 0.4) is 0 Å². The van der Waals surface area contributed by atoms with Crippen LogP contribution in [-0.4, -0.2) is 39.8 Å². The fourth-order valence-electron chi connectivity index (χ4n) is 3.30. The molecule has 1 aliphatic rings. The lowest BCUT2D eigenvalue weighted by molar-refractivity contribution is 0.0784. The average molecular weight is 378 g/mol. The van der Waals surface area contributed by atoms with Crippen molar-refractivity contribution in [3.05, 3.63) is 69.3 Å². The molecule has 3 aromatic rings. The summed E-state index contributed by atoms with van der Waals surface area (Å²) < 4.78 is 0. The number of benzene rings is 1. The zero-order valence-corrected chi connectivity index (χ0v) is 15.8. The van der Waals surface area contributed by atoms with Crippen LogP contribution in [0.1, 0.15) is 44.8 Å². The number of aryl methyl sites for hydroxylation is 1. The molecular formula is C21H22N4O3. The van der Waals surface area contributed by atoms with Gasteiger partial charge in [-0.05, 0) is 43.5 Å². The maximum absolute atomic E-state index is 12.9. The molecule has 1 aromatic carbocycles. The smallest absolute Gasteiger partial charge is 0.260 e. The molecule has 2 amide bonds. The van der Waals surface area contributed by atoms with Crippen molar-refractivity contribution in [3.8, 4) is 0 Å². The van der Waals surface area contributed by atoms with Gasteiger partial charge in [0.2, 0.25) is 0 Å². The van der Waals surface area contributed by atoms with E-state index in [-0.39, 0.29) is 23.1 Å². The maximum atomic E-state index is 12.9. The highest BCUT2D eigenvalue weighted by atomic mass is 16.2. The van der Waals surface area contributed by atoms with Crippen LogP contribution in [0.4, 0.5) is 0 Å². The van der Waals surface area contributed by atoms with Gasteiger partial charge in [0.15, 0.2) is 0 Å². The van der Waals surface area contributed by atoms with Gasteiger partial charge in [0.25, 0.3) is 17.4 Å². The van der Waals surface area contributed by atoms with Gasteiger partial charge in [-0.15, -0.1) is 0 Å². The lowest BCUT2D eigenvalue weighted by atomic mass is 10.1. The number of fused-ring (bicyclic) bond motifs is 1. The number of aromatic amines is 2. The Balaban J connectivity index is 1.57. The third kappa shape index (κ3) is 3.55. The van der Waals surface area contributed by atoms with Gasteiger partial charge in [-0.2, -0.15) is 0 Å². The average Bonchev–Trinajstić information content (AvgIpc) is 3.39. The molecule has 0 spiro atoms. The van der Waals surface area contributed by atoms with Crippen molar-refractivity contribution in [2.24, 2.45) is 0 Å². The summed E-state index contributed by atoms with van der Waals surface area (Å²) in [5, 5.41) is 3.91. The Kier molecular flexibility index (Phi) is 4.50. The monoisotopic (exact) mass is 378 g/mol. The molecule has 0 bridgehead atoms. The second-order valence-electron chi connectivity index (χ2n) is 7.37. The maximum Gasteiger partial charge on any atom is 0.260 e. The number of nitrogens with zero attached hydrogens (tertiary/aromatic N) is 1. The largest absolute Gasteiger partial charge is 0.359 e. The molecule has 0 atom stereocenters.